The van der Waals surface area contributed by atoms with Gasteiger partial charge >= 0.3 is 0 Å². The fraction of sp³-hybridized carbons (Fsp3) is 0.393. The van der Waals surface area contributed by atoms with Crippen molar-refractivity contribution >= 4 is 17.2 Å². The van der Waals surface area contributed by atoms with E-state index in [1.807, 2.05) is 25.3 Å². The van der Waals surface area contributed by atoms with Crippen LogP contribution >= 0.6 is 0 Å². The zero-order chi connectivity index (χ0) is 21.0. The molecule has 3 aromatic rings. The summed E-state index contributed by atoms with van der Waals surface area (Å²) in [6.07, 6.45) is 8.33. The Balaban J connectivity index is 1.41. The van der Waals surface area contributed by atoms with Crippen LogP contribution in [0.15, 0.2) is 54.6 Å². The number of ether oxygens (including phenoxy) is 2. The van der Waals surface area contributed by atoms with Gasteiger partial charge in [-0.05, 0) is 114 Å². The molecule has 0 spiro atoms. The first-order valence-electron chi connectivity index (χ1n) is 11.5. The monoisotopic (exact) mass is 412 g/mol. The third-order valence-electron chi connectivity index (χ3n) is 8.14. The van der Waals surface area contributed by atoms with Crippen molar-refractivity contribution in [2.45, 2.75) is 43.9 Å². The average Bonchev–Trinajstić information content (AvgIpc) is 2.77. The lowest BCUT2D eigenvalue weighted by molar-refractivity contribution is -0.120. The van der Waals surface area contributed by atoms with Crippen LogP contribution in [0.4, 0.5) is 0 Å². The van der Waals surface area contributed by atoms with Crippen molar-refractivity contribution in [2.24, 2.45) is 17.8 Å². The van der Waals surface area contributed by atoms with Crippen LogP contribution in [0.2, 0.25) is 0 Å². The maximum absolute atomic E-state index is 10.6. The number of carbonyl (C=O) groups is 1. The Morgan fingerprint density at radius 1 is 0.806 bits per heavy atom. The summed E-state index contributed by atoms with van der Waals surface area (Å²) in [6.45, 7) is 0.471. The van der Waals surface area contributed by atoms with Gasteiger partial charge in [-0.15, -0.1) is 0 Å². The summed E-state index contributed by atoms with van der Waals surface area (Å²) in [4.78, 5) is 10.6. The van der Waals surface area contributed by atoms with E-state index < -0.39 is 0 Å². The van der Waals surface area contributed by atoms with Crippen LogP contribution in [0, 0.1) is 17.8 Å². The van der Waals surface area contributed by atoms with Gasteiger partial charge < -0.3 is 9.47 Å². The molecule has 0 saturated heterocycles. The van der Waals surface area contributed by atoms with Crippen LogP contribution < -0.4 is 9.47 Å². The van der Waals surface area contributed by atoms with Gasteiger partial charge in [0.1, 0.15) is 11.5 Å². The van der Waals surface area contributed by atoms with E-state index in [0.29, 0.717) is 17.6 Å². The quantitative estimate of drug-likeness (QED) is 0.448. The molecular formula is C28H28O3. The van der Waals surface area contributed by atoms with E-state index in [1.54, 1.807) is 0 Å². The van der Waals surface area contributed by atoms with Crippen LogP contribution in [-0.4, -0.2) is 13.6 Å². The van der Waals surface area contributed by atoms with E-state index in [0.717, 1.165) is 34.3 Å². The molecule has 3 heteroatoms. The van der Waals surface area contributed by atoms with Crippen LogP contribution in [-0.2, 0) is 10.2 Å². The molecule has 0 N–H and O–H groups in total. The molecule has 3 nitrogen and oxygen atoms in total. The first-order valence-corrected chi connectivity index (χ1v) is 11.5. The molecule has 0 unspecified atom stereocenters. The Hall–Kier alpha value is -2.81. The molecule has 0 amide bonds. The van der Waals surface area contributed by atoms with Gasteiger partial charge in [-0.3, -0.25) is 4.79 Å². The van der Waals surface area contributed by atoms with Gasteiger partial charge in [0.25, 0.3) is 6.47 Å². The lowest BCUT2D eigenvalue weighted by atomic mass is 9.48. The Bertz CT molecular complexity index is 1130. The summed E-state index contributed by atoms with van der Waals surface area (Å²) in [7, 11) is 1.81. The molecule has 4 bridgehead atoms. The van der Waals surface area contributed by atoms with Crippen molar-refractivity contribution in [2.75, 3.05) is 7.11 Å². The van der Waals surface area contributed by atoms with E-state index in [1.165, 1.54) is 55.2 Å². The standard InChI is InChI=1S/C28H28O3/c1-30-27-7-5-24(21-2-3-23-12-25(31-17-29)6-4-22(23)11-21)13-26(27)28-14-18-8-19(15-28)10-20(9-18)16-28/h2-7,11-13,17-20H,8-10,14-16H2,1H3. The second kappa shape index (κ2) is 7.12. The molecule has 0 atom stereocenters. The highest BCUT2D eigenvalue weighted by molar-refractivity contribution is 5.88. The smallest absolute Gasteiger partial charge is 0.298 e. The predicted octanol–water partition coefficient (Wildman–Crippen LogP) is 6.52. The number of fused-ring (bicyclic) bond motifs is 1. The molecule has 4 aliphatic rings. The fourth-order valence-electron chi connectivity index (χ4n) is 7.27. The van der Waals surface area contributed by atoms with Crippen molar-refractivity contribution in [3.63, 3.8) is 0 Å². The highest BCUT2D eigenvalue weighted by Crippen LogP contribution is 2.62. The Kier molecular flexibility index (Phi) is 4.34. The molecule has 3 aromatic carbocycles. The number of hydrogen-bond donors (Lipinski definition) is 0. The van der Waals surface area contributed by atoms with Crippen molar-refractivity contribution < 1.29 is 14.3 Å². The topological polar surface area (TPSA) is 35.5 Å². The molecule has 0 aliphatic heterocycles. The largest absolute Gasteiger partial charge is 0.496 e. The molecule has 0 aromatic heterocycles. The average molecular weight is 413 g/mol. The lowest BCUT2D eigenvalue weighted by Crippen LogP contribution is -2.48. The number of hydrogen-bond acceptors (Lipinski definition) is 3. The second-order valence-electron chi connectivity index (χ2n) is 10.1. The molecule has 4 saturated carbocycles. The molecular weight excluding hydrogens is 384 g/mol. The molecule has 7 rings (SSSR count). The van der Waals surface area contributed by atoms with E-state index in [4.69, 9.17) is 9.47 Å². The highest BCUT2D eigenvalue weighted by Gasteiger charge is 2.52. The summed E-state index contributed by atoms with van der Waals surface area (Å²) >= 11 is 0. The fourth-order valence-corrected chi connectivity index (χ4v) is 7.27. The van der Waals surface area contributed by atoms with Crippen LogP contribution in [0.3, 0.4) is 0 Å². The van der Waals surface area contributed by atoms with Crippen molar-refractivity contribution in [1.29, 1.82) is 0 Å². The van der Waals surface area contributed by atoms with E-state index in [2.05, 4.69) is 36.4 Å². The maximum atomic E-state index is 10.6. The van der Waals surface area contributed by atoms with Gasteiger partial charge in [-0.2, -0.15) is 0 Å². The summed E-state index contributed by atoms with van der Waals surface area (Å²) in [6, 6.07) is 19.0. The minimum absolute atomic E-state index is 0.300. The van der Waals surface area contributed by atoms with Gasteiger partial charge in [-0.25, -0.2) is 0 Å². The van der Waals surface area contributed by atoms with Crippen LogP contribution in [0.1, 0.15) is 44.1 Å². The molecule has 4 fully saturated rings. The normalized spacial score (nSPS) is 28.6. The summed E-state index contributed by atoms with van der Waals surface area (Å²) in [5.41, 5.74) is 4.20. The first kappa shape index (κ1) is 18.9. The maximum Gasteiger partial charge on any atom is 0.298 e. The van der Waals surface area contributed by atoms with Crippen molar-refractivity contribution in [3.05, 3.63) is 60.2 Å². The Labute approximate surface area is 183 Å². The lowest BCUT2D eigenvalue weighted by Gasteiger charge is -2.57. The van der Waals surface area contributed by atoms with Gasteiger partial charge in [0.15, 0.2) is 0 Å². The number of benzene rings is 3. The van der Waals surface area contributed by atoms with Crippen molar-refractivity contribution in [1.82, 2.24) is 0 Å². The van der Waals surface area contributed by atoms with Crippen molar-refractivity contribution in [3.8, 4) is 22.6 Å². The second-order valence-corrected chi connectivity index (χ2v) is 10.1. The van der Waals surface area contributed by atoms with Gasteiger partial charge in [0.05, 0.1) is 7.11 Å². The summed E-state index contributed by atoms with van der Waals surface area (Å²) < 4.78 is 10.9. The first-order chi connectivity index (χ1) is 15.2. The SMILES string of the molecule is COc1ccc(-c2ccc3cc(OC=O)ccc3c2)cc1C12CC3CC(CC(C3)C1)C2. The van der Waals surface area contributed by atoms with E-state index >= 15 is 0 Å². The zero-order valence-corrected chi connectivity index (χ0v) is 18.0. The van der Waals surface area contributed by atoms with Gasteiger partial charge in [0, 0.05) is 5.56 Å². The molecule has 31 heavy (non-hydrogen) atoms. The number of rotatable bonds is 5. The third-order valence-corrected chi connectivity index (χ3v) is 8.14. The van der Waals surface area contributed by atoms with E-state index in [-0.39, 0.29) is 0 Å². The molecule has 158 valence electrons. The Morgan fingerprint density at radius 3 is 2.10 bits per heavy atom. The predicted molar refractivity (Wildman–Crippen MR) is 122 cm³/mol. The van der Waals surface area contributed by atoms with Gasteiger partial charge in [-0.1, -0.05) is 24.3 Å². The third kappa shape index (κ3) is 3.13. The molecule has 0 heterocycles. The molecule has 4 aliphatic carbocycles. The summed E-state index contributed by atoms with van der Waals surface area (Å²) in [5.74, 6) is 4.35. The minimum Gasteiger partial charge on any atom is -0.496 e. The number of methoxy groups -OCH3 is 1. The van der Waals surface area contributed by atoms with E-state index in [9.17, 15) is 4.79 Å². The van der Waals surface area contributed by atoms with Gasteiger partial charge in [0.2, 0.25) is 0 Å². The number of carbonyl (C=O) groups excluding carboxylic acids is 1. The highest BCUT2D eigenvalue weighted by atomic mass is 16.5. The van der Waals surface area contributed by atoms with Crippen LogP contribution in [0.5, 0.6) is 11.5 Å². The minimum atomic E-state index is 0.300. The summed E-state index contributed by atoms with van der Waals surface area (Å²) in [5, 5.41) is 2.21. The van der Waals surface area contributed by atoms with Crippen LogP contribution in [0.25, 0.3) is 21.9 Å². The molecule has 0 radical (unpaired) electrons. The Morgan fingerprint density at radius 2 is 1.42 bits per heavy atom. The zero-order valence-electron chi connectivity index (χ0n) is 18.0.